The van der Waals surface area contributed by atoms with Gasteiger partial charge < -0.3 is 0 Å². The first-order valence-electron chi connectivity index (χ1n) is 8.40. The maximum absolute atomic E-state index is 13.6. The Morgan fingerprint density at radius 3 is 1.72 bits per heavy atom. The number of hydrogen-bond acceptors (Lipinski definition) is 3. The minimum absolute atomic E-state index is 0.115. The number of nitrogens with one attached hydrogen (secondary N) is 1. The van der Waals surface area contributed by atoms with Crippen molar-refractivity contribution in [3.8, 4) is 0 Å². The first-order valence-corrected chi connectivity index (χ1v) is 10.0. The van der Waals surface area contributed by atoms with Crippen molar-refractivity contribution in [3.63, 3.8) is 0 Å². The van der Waals surface area contributed by atoms with Gasteiger partial charge in [-0.25, -0.2) is 13.1 Å². The highest BCUT2D eigenvalue weighted by Crippen LogP contribution is 2.66. The van der Waals surface area contributed by atoms with Gasteiger partial charge in [0.25, 0.3) is 0 Å². The number of fused-ring (bicyclic) bond motifs is 2. The fourth-order valence-corrected chi connectivity index (χ4v) is 6.29. The standard InChI is InChI=1S/C15H18F9NO3S/c1-10(2)8-3-5-11(10,6-4-8)7-29(27,28)25-9(26)12(16,17)13(18,19)14(20,21)15(22,23)24/h8H,3-7H2,1-2H3,(H,25,26). The van der Waals surface area contributed by atoms with Crippen LogP contribution in [0.3, 0.4) is 0 Å². The fraction of sp³-hybridized carbons (Fsp3) is 0.933. The molecule has 170 valence electrons. The van der Waals surface area contributed by atoms with Crippen LogP contribution in [0.4, 0.5) is 39.5 Å². The fourth-order valence-electron chi connectivity index (χ4n) is 4.42. The highest BCUT2D eigenvalue weighted by atomic mass is 32.2. The highest BCUT2D eigenvalue weighted by molar-refractivity contribution is 7.90. The van der Waals surface area contributed by atoms with Crippen LogP contribution in [0.1, 0.15) is 39.5 Å². The predicted octanol–water partition coefficient (Wildman–Crippen LogP) is 4.12. The molecule has 0 spiro atoms. The van der Waals surface area contributed by atoms with Crippen molar-refractivity contribution < 1.29 is 52.7 Å². The summed E-state index contributed by atoms with van der Waals surface area (Å²) in [4.78, 5) is 11.4. The average molecular weight is 463 g/mol. The molecule has 2 aliphatic rings. The Hall–Kier alpha value is -1.21. The smallest absolute Gasteiger partial charge is 0.267 e. The Kier molecular flexibility index (Phi) is 5.31. The summed E-state index contributed by atoms with van der Waals surface area (Å²) in [6.45, 7) is 3.45. The molecule has 0 aromatic carbocycles. The van der Waals surface area contributed by atoms with Gasteiger partial charge in [0.1, 0.15) is 0 Å². The third kappa shape index (κ3) is 3.38. The lowest BCUT2D eigenvalue weighted by Gasteiger charge is -2.38. The van der Waals surface area contributed by atoms with E-state index in [-0.39, 0.29) is 5.92 Å². The molecule has 0 atom stereocenters. The molecule has 0 aromatic heterocycles. The maximum atomic E-state index is 13.6. The summed E-state index contributed by atoms with van der Waals surface area (Å²) in [7, 11) is -5.04. The van der Waals surface area contributed by atoms with E-state index >= 15 is 0 Å². The van der Waals surface area contributed by atoms with Crippen LogP contribution in [-0.4, -0.2) is 44.0 Å². The average Bonchev–Trinajstić information content (AvgIpc) is 2.88. The largest absolute Gasteiger partial charge is 0.460 e. The van der Waals surface area contributed by atoms with Gasteiger partial charge in [-0.15, -0.1) is 0 Å². The van der Waals surface area contributed by atoms with Crippen molar-refractivity contribution in [2.45, 2.75) is 63.5 Å². The molecule has 2 saturated carbocycles. The van der Waals surface area contributed by atoms with Crippen molar-refractivity contribution >= 4 is 15.9 Å². The normalized spacial score (nSPS) is 27.9. The van der Waals surface area contributed by atoms with Crippen molar-refractivity contribution in [1.29, 1.82) is 0 Å². The van der Waals surface area contributed by atoms with Gasteiger partial charge in [-0.3, -0.25) is 4.79 Å². The van der Waals surface area contributed by atoms with Gasteiger partial charge in [0.2, 0.25) is 10.0 Å². The van der Waals surface area contributed by atoms with E-state index < -0.39 is 56.5 Å². The Labute approximate surface area is 160 Å². The van der Waals surface area contributed by atoms with Gasteiger partial charge in [-0.05, 0) is 42.4 Å². The second-order valence-electron chi connectivity index (χ2n) is 8.19. The molecule has 1 N–H and O–H groups in total. The molecule has 1 amide bonds. The monoisotopic (exact) mass is 463 g/mol. The Morgan fingerprint density at radius 1 is 0.931 bits per heavy atom. The lowest BCUT2D eigenvalue weighted by atomic mass is 9.71. The molecular weight excluding hydrogens is 445 g/mol. The van der Waals surface area contributed by atoms with E-state index in [2.05, 4.69) is 0 Å². The lowest BCUT2D eigenvalue weighted by molar-refractivity contribution is -0.388. The summed E-state index contributed by atoms with van der Waals surface area (Å²) < 4.78 is 141. The molecule has 0 aliphatic heterocycles. The first kappa shape index (κ1) is 24.1. The number of carbonyl (C=O) groups is 1. The molecule has 2 fully saturated rings. The highest BCUT2D eigenvalue weighted by Gasteiger charge is 2.84. The van der Waals surface area contributed by atoms with Crippen LogP contribution in [0.25, 0.3) is 0 Å². The summed E-state index contributed by atoms with van der Waals surface area (Å²) in [5, 5.41) is 0. The zero-order valence-electron chi connectivity index (χ0n) is 15.1. The SMILES string of the molecule is CC1(C)C2CCC1(CS(=O)(=O)NC(=O)C(F)(F)C(F)(F)C(F)(F)C(F)(F)F)CC2. The van der Waals surface area contributed by atoms with Gasteiger partial charge in [0.15, 0.2) is 0 Å². The number of sulfonamides is 1. The van der Waals surface area contributed by atoms with Crippen LogP contribution >= 0.6 is 0 Å². The molecule has 2 aliphatic carbocycles. The number of rotatable bonds is 6. The van der Waals surface area contributed by atoms with Gasteiger partial charge in [-0.2, -0.15) is 39.5 Å². The van der Waals surface area contributed by atoms with E-state index in [0.717, 1.165) is 0 Å². The van der Waals surface area contributed by atoms with Crippen LogP contribution in [0.15, 0.2) is 0 Å². The summed E-state index contributed by atoms with van der Waals surface area (Å²) in [5.74, 6) is -25.4. The minimum atomic E-state index is -7.28. The summed E-state index contributed by atoms with van der Waals surface area (Å²) in [5.41, 5.74) is -1.54. The van der Waals surface area contributed by atoms with E-state index in [1.165, 1.54) is 0 Å². The van der Waals surface area contributed by atoms with E-state index in [9.17, 15) is 52.7 Å². The quantitative estimate of drug-likeness (QED) is 0.603. The molecule has 0 saturated heterocycles. The Morgan fingerprint density at radius 2 is 1.38 bits per heavy atom. The second-order valence-corrected chi connectivity index (χ2v) is 9.91. The van der Waals surface area contributed by atoms with Crippen molar-refractivity contribution in [2.75, 3.05) is 5.75 Å². The Balaban J connectivity index is 2.26. The molecule has 2 rings (SSSR count). The summed E-state index contributed by atoms with van der Waals surface area (Å²) in [6.07, 6.45) is -5.19. The summed E-state index contributed by atoms with van der Waals surface area (Å²) in [6, 6.07) is 0. The van der Waals surface area contributed by atoms with Gasteiger partial charge in [-0.1, -0.05) is 13.8 Å². The topological polar surface area (TPSA) is 63.2 Å². The van der Waals surface area contributed by atoms with Crippen molar-refractivity contribution in [2.24, 2.45) is 16.7 Å². The third-order valence-electron chi connectivity index (χ3n) is 6.47. The number of halogens is 9. The van der Waals surface area contributed by atoms with E-state index in [0.29, 0.717) is 30.4 Å². The zero-order chi connectivity index (χ0) is 22.9. The van der Waals surface area contributed by atoms with Crippen molar-refractivity contribution in [3.05, 3.63) is 0 Å². The molecule has 0 unspecified atom stereocenters. The second kappa shape index (κ2) is 6.39. The van der Waals surface area contributed by atoms with Crippen molar-refractivity contribution in [1.82, 2.24) is 4.72 Å². The zero-order valence-corrected chi connectivity index (χ0v) is 16.0. The predicted molar refractivity (Wildman–Crippen MR) is 81.0 cm³/mol. The minimum Gasteiger partial charge on any atom is -0.267 e. The molecular formula is C15H18F9NO3S. The molecule has 2 bridgehead atoms. The van der Waals surface area contributed by atoms with E-state index in [1.807, 2.05) is 0 Å². The maximum Gasteiger partial charge on any atom is 0.460 e. The lowest BCUT2D eigenvalue weighted by Crippen LogP contribution is -2.65. The number of amides is 1. The molecule has 0 aromatic rings. The third-order valence-corrected chi connectivity index (χ3v) is 7.90. The molecule has 14 heteroatoms. The first-order chi connectivity index (χ1) is 12.6. The van der Waals surface area contributed by atoms with Gasteiger partial charge in [0.05, 0.1) is 5.75 Å². The van der Waals surface area contributed by atoms with Crippen LogP contribution in [0, 0.1) is 16.7 Å². The summed E-state index contributed by atoms with van der Waals surface area (Å²) >= 11 is 0. The van der Waals surface area contributed by atoms with Crippen LogP contribution < -0.4 is 4.72 Å². The van der Waals surface area contributed by atoms with Gasteiger partial charge in [0, 0.05) is 0 Å². The molecule has 4 nitrogen and oxygen atoms in total. The van der Waals surface area contributed by atoms with Crippen LogP contribution in [0.5, 0.6) is 0 Å². The molecule has 0 radical (unpaired) electrons. The number of hydrogen-bond donors (Lipinski definition) is 1. The van der Waals surface area contributed by atoms with Gasteiger partial charge >= 0.3 is 29.9 Å². The Bertz CT molecular complexity index is 781. The van der Waals surface area contributed by atoms with Crippen LogP contribution in [-0.2, 0) is 14.8 Å². The van der Waals surface area contributed by atoms with Crippen LogP contribution in [0.2, 0.25) is 0 Å². The number of alkyl halides is 9. The van der Waals surface area contributed by atoms with E-state index in [1.54, 1.807) is 13.8 Å². The molecule has 29 heavy (non-hydrogen) atoms. The molecule has 0 heterocycles. The number of carbonyl (C=O) groups excluding carboxylic acids is 1. The van der Waals surface area contributed by atoms with E-state index in [4.69, 9.17) is 0 Å².